The lowest BCUT2D eigenvalue weighted by Gasteiger charge is -2.39. The molecule has 0 spiro atoms. The summed E-state index contributed by atoms with van der Waals surface area (Å²) >= 11 is 0. The molecule has 0 fully saturated rings. The zero-order valence-electron chi connectivity index (χ0n) is 18.2. The molecule has 1 N–H and O–H groups in total. The van der Waals surface area contributed by atoms with E-state index in [1.165, 1.54) is 0 Å². The van der Waals surface area contributed by atoms with Gasteiger partial charge in [-0.25, -0.2) is 4.68 Å². The van der Waals surface area contributed by atoms with Gasteiger partial charge in [0.05, 0.1) is 19.9 Å². The van der Waals surface area contributed by atoms with Crippen molar-refractivity contribution in [1.29, 1.82) is 0 Å². The van der Waals surface area contributed by atoms with Gasteiger partial charge in [-0.2, -0.15) is 10.1 Å². The number of nitrogens with zero attached hydrogens (tertiary/aromatic N) is 3. The van der Waals surface area contributed by atoms with Gasteiger partial charge in [-0.15, -0.1) is 0 Å². The molecule has 2 atom stereocenters. The lowest BCUT2D eigenvalue weighted by Crippen LogP contribution is -2.32. The molecular formula is C26H22N4O3. The van der Waals surface area contributed by atoms with Gasteiger partial charge in [0, 0.05) is 16.7 Å². The molecule has 2 aliphatic rings. The van der Waals surface area contributed by atoms with Crippen LogP contribution in [-0.4, -0.2) is 29.0 Å². The summed E-state index contributed by atoms with van der Waals surface area (Å²) < 4.78 is 19.6. The predicted octanol–water partition coefficient (Wildman–Crippen LogP) is 4.86. The maximum absolute atomic E-state index is 6.64. The van der Waals surface area contributed by atoms with Gasteiger partial charge in [-0.1, -0.05) is 36.4 Å². The van der Waals surface area contributed by atoms with Crippen molar-refractivity contribution in [3.63, 3.8) is 0 Å². The SMILES string of the molecule is COc1cccc([C@H]2C3=C(Nc4ncnn42)c2ccccc2O[C@@H]3c2cccc(OC)c2)c1. The molecule has 0 amide bonds. The summed E-state index contributed by atoms with van der Waals surface area (Å²) in [5, 5.41) is 8.09. The summed E-state index contributed by atoms with van der Waals surface area (Å²) in [5.74, 6) is 3.06. The van der Waals surface area contributed by atoms with Crippen LogP contribution in [0.2, 0.25) is 0 Å². The van der Waals surface area contributed by atoms with Crippen LogP contribution < -0.4 is 19.5 Å². The third kappa shape index (κ3) is 3.12. The molecule has 7 nitrogen and oxygen atoms in total. The Kier molecular flexibility index (Phi) is 4.54. The number of hydrogen-bond acceptors (Lipinski definition) is 6. The fraction of sp³-hybridized carbons (Fsp3) is 0.154. The average molecular weight is 438 g/mol. The number of aromatic nitrogens is 3. The first-order chi connectivity index (χ1) is 16.3. The number of hydrogen-bond donors (Lipinski definition) is 1. The van der Waals surface area contributed by atoms with E-state index < -0.39 is 0 Å². The van der Waals surface area contributed by atoms with Gasteiger partial charge in [-0.05, 0) is 42.0 Å². The molecule has 3 heterocycles. The van der Waals surface area contributed by atoms with E-state index >= 15 is 0 Å². The Morgan fingerprint density at radius 3 is 2.39 bits per heavy atom. The third-order valence-electron chi connectivity index (χ3n) is 6.13. The minimum absolute atomic E-state index is 0.238. The Labute approximate surface area is 191 Å². The lowest BCUT2D eigenvalue weighted by molar-refractivity contribution is 0.222. The standard InChI is InChI=1S/C26H22N4O3/c1-31-18-9-5-7-16(13-18)24-22-23(29-26-27-15-28-30(24)26)20-11-3-4-12-21(20)33-25(22)17-8-6-10-19(14-17)32-2/h3-15,24-25H,1-2H3,(H,27,28,29)/t24-,25+/m0/s1. The van der Waals surface area contributed by atoms with Crippen LogP contribution in [0.5, 0.6) is 17.2 Å². The second-order valence-corrected chi connectivity index (χ2v) is 7.93. The van der Waals surface area contributed by atoms with E-state index in [1.54, 1.807) is 20.5 Å². The van der Waals surface area contributed by atoms with E-state index in [0.717, 1.165) is 45.2 Å². The normalized spacial score (nSPS) is 18.4. The summed E-state index contributed by atoms with van der Waals surface area (Å²) in [6.07, 6.45) is 1.22. The Hall–Kier alpha value is -4.26. The van der Waals surface area contributed by atoms with Gasteiger partial charge >= 0.3 is 0 Å². The highest BCUT2D eigenvalue weighted by atomic mass is 16.5. The zero-order chi connectivity index (χ0) is 22.4. The van der Waals surface area contributed by atoms with E-state index in [9.17, 15) is 0 Å². The van der Waals surface area contributed by atoms with E-state index in [1.807, 2.05) is 59.3 Å². The first kappa shape index (κ1) is 19.4. The molecule has 33 heavy (non-hydrogen) atoms. The number of nitrogens with one attached hydrogen (secondary N) is 1. The lowest BCUT2D eigenvalue weighted by atomic mass is 9.84. The average Bonchev–Trinajstić information content (AvgIpc) is 3.35. The Bertz CT molecular complexity index is 1380. The van der Waals surface area contributed by atoms with Gasteiger partial charge in [0.15, 0.2) is 0 Å². The highest BCUT2D eigenvalue weighted by Crippen LogP contribution is 2.50. The molecule has 0 aliphatic carbocycles. The third-order valence-corrected chi connectivity index (χ3v) is 6.13. The summed E-state index contributed by atoms with van der Waals surface area (Å²) in [6.45, 7) is 0. The number of anilines is 1. The van der Waals surface area contributed by atoms with Crippen LogP contribution in [0.1, 0.15) is 28.8 Å². The van der Waals surface area contributed by atoms with Crippen LogP contribution in [0.25, 0.3) is 5.70 Å². The molecule has 0 unspecified atom stereocenters. The minimum Gasteiger partial charge on any atom is -0.497 e. The second-order valence-electron chi connectivity index (χ2n) is 7.93. The molecule has 3 aromatic carbocycles. The number of benzene rings is 3. The van der Waals surface area contributed by atoms with E-state index in [-0.39, 0.29) is 12.1 Å². The van der Waals surface area contributed by atoms with Crippen LogP contribution in [0.4, 0.5) is 5.95 Å². The fourth-order valence-corrected chi connectivity index (χ4v) is 4.63. The molecule has 6 rings (SSSR count). The number of fused-ring (bicyclic) bond motifs is 3. The molecule has 0 saturated heterocycles. The van der Waals surface area contributed by atoms with Gasteiger partial charge in [0.1, 0.15) is 35.7 Å². The van der Waals surface area contributed by atoms with Crippen molar-refractivity contribution in [3.8, 4) is 17.2 Å². The molecule has 164 valence electrons. The van der Waals surface area contributed by atoms with Gasteiger partial charge in [0.2, 0.25) is 5.95 Å². The molecular weight excluding hydrogens is 416 g/mol. The molecule has 0 bridgehead atoms. The predicted molar refractivity (Wildman–Crippen MR) is 125 cm³/mol. The van der Waals surface area contributed by atoms with Gasteiger partial charge in [-0.3, -0.25) is 0 Å². The molecule has 7 heteroatoms. The number of para-hydroxylation sites is 1. The van der Waals surface area contributed by atoms with Crippen LogP contribution >= 0.6 is 0 Å². The Morgan fingerprint density at radius 2 is 1.61 bits per heavy atom. The molecule has 0 saturated carbocycles. The smallest absolute Gasteiger partial charge is 0.226 e. The van der Waals surface area contributed by atoms with Crippen molar-refractivity contribution in [1.82, 2.24) is 14.8 Å². The Morgan fingerprint density at radius 1 is 0.879 bits per heavy atom. The highest BCUT2D eigenvalue weighted by molar-refractivity contribution is 5.85. The van der Waals surface area contributed by atoms with Crippen molar-refractivity contribution in [2.24, 2.45) is 0 Å². The summed E-state index contributed by atoms with van der Waals surface area (Å²) in [4.78, 5) is 4.48. The van der Waals surface area contributed by atoms with Crippen molar-refractivity contribution < 1.29 is 14.2 Å². The van der Waals surface area contributed by atoms with Crippen molar-refractivity contribution in [3.05, 3.63) is 101 Å². The fourth-order valence-electron chi connectivity index (χ4n) is 4.63. The zero-order valence-corrected chi connectivity index (χ0v) is 18.2. The van der Waals surface area contributed by atoms with Crippen LogP contribution in [0.3, 0.4) is 0 Å². The number of methoxy groups -OCH3 is 2. The van der Waals surface area contributed by atoms with E-state index in [4.69, 9.17) is 14.2 Å². The highest BCUT2D eigenvalue weighted by Gasteiger charge is 2.41. The van der Waals surface area contributed by atoms with Crippen molar-refractivity contribution in [2.45, 2.75) is 12.1 Å². The molecule has 0 radical (unpaired) electrons. The molecule has 1 aromatic heterocycles. The van der Waals surface area contributed by atoms with Crippen molar-refractivity contribution >= 4 is 11.6 Å². The number of rotatable bonds is 4. The summed E-state index contributed by atoms with van der Waals surface area (Å²) in [5.41, 5.74) is 5.06. The largest absolute Gasteiger partial charge is 0.497 e. The van der Waals surface area contributed by atoms with Crippen LogP contribution in [0, 0.1) is 0 Å². The van der Waals surface area contributed by atoms with E-state index in [2.05, 4.69) is 33.6 Å². The van der Waals surface area contributed by atoms with Crippen LogP contribution in [0.15, 0.2) is 84.7 Å². The summed E-state index contributed by atoms with van der Waals surface area (Å²) in [7, 11) is 3.34. The van der Waals surface area contributed by atoms with Gasteiger partial charge < -0.3 is 19.5 Å². The number of ether oxygens (including phenoxy) is 3. The molecule has 4 aromatic rings. The monoisotopic (exact) mass is 438 g/mol. The first-order valence-electron chi connectivity index (χ1n) is 10.7. The van der Waals surface area contributed by atoms with E-state index in [0.29, 0.717) is 5.95 Å². The summed E-state index contributed by atoms with van der Waals surface area (Å²) in [6, 6.07) is 23.9. The quantitative estimate of drug-likeness (QED) is 0.491. The van der Waals surface area contributed by atoms with Crippen LogP contribution in [-0.2, 0) is 0 Å². The minimum atomic E-state index is -0.356. The first-order valence-corrected chi connectivity index (χ1v) is 10.7. The molecule has 2 aliphatic heterocycles. The second kappa shape index (κ2) is 7.70. The van der Waals surface area contributed by atoms with Crippen molar-refractivity contribution in [2.75, 3.05) is 19.5 Å². The Balaban J connectivity index is 1.62. The maximum atomic E-state index is 6.64. The van der Waals surface area contributed by atoms with Gasteiger partial charge in [0.25, 0.3) is 0 Å². The topological polar surface area (TPSA) is 70.4 Å². The maximum Gasteiger partial charge on any atom is 0.226 e.